The van der Waals surface area contributed by atoms with Crippen LogP contribution in [-0.4, -0.2) is 34.8 Å². The molecule has 0 spiro atoms. The highest BCUT2D eigenvalue weighted by Crippen LogP contribution is 2.11. The van der Waals surface area contributed by atoms with Crippen LogP contribution >= 0.6 is 31.9 Å². The Kier molecular flexibility index (Phi) is 6.35. The Hall–Kier alpha value is -0.100. The zero-order valence-electron chi connectivity index (χ0n) is 8.01. The fourth-order valence-electron chi connectivity index (χ4n) is 0.658. The van der Waals surface area contributed by atoms with Crippen LogP contribution in [0.2, 0.25) is 0 Å². The molecule has 4 nitrogen and oxygen atoms in total. The van der Waals surface area contributed by atoms with E-state index in [-0.39, 0.29) is 29.2 Å². The van der Waals surface area contributed by atoms with Crippen molar-refractivity contribution in [3.63, 3.8) is 0 Å². The SMILES string of the molecule is CC(C)(COC(=O)CBr)OC(=O)CBr. The minimum atomic E-state index is -0.789. The van der Waals surface area contributed by atoms with Gasteiger partial charge in [0, 0.05) is 0 Å². The molecule has 0 bridgehead atoms. The van der Waals surface area contributed by atoms with Crippen LogP contribution in [-0.2, 0) is 19.1 Å². The van der Waals surface area contributed by atoms with Crippen LogP contribution in [0.3, 0.4) is 0 Å². The topological polar surface area (TPSA) is 52.6 Å². The minimum Gasteiger partial charge on any atom is -0.461 e. The monoisotopic (exact) mass is 330 g/mol. The molecule has 0 aromatic heterocycles. The zero-order valence-corrected chi connectivity index (χ0v) is 11.2. The summed E-state index contributed by atoms with van der Waals surface area (Å²) in [5.41, 5.74) is -0.789. The molecule has 0 aromatic rings. The van der Waals surface area contributed by atoms with Crippen molar-refractivity contribution in [3.05, 3.63) is 0 Å². The molecule has 0 heterocycles. The highest BCUT2D eigenvalue weighted by atomic mass is 79.9. The van der Waals surface area contributed by atoms with Crippen molar-refractivity contribution in [2.24, 2.45) is 0 Å². The Labute approximate surface area is 99.6 Å². The summed E-state index contributed by atoms with van der Waals surface area (Å²) in [6, 6.07) is 0. The molecule has 82 valence electrons. The average Bonchev–Trinajstić information content (AvgIpc) is 2.13. The van der Waals surface area contributed by atoms with E-state index >= 15 is 0 Å². The third kappa shape index (κ3) is 6.37. The number of hydrogen-bond acceptors (Lipinski definition) is 4. The first-order chi connectivity index (χ1) is 6.41. The van der Waals surface area contributed by atoms with E-state index in [1.54, 1.807) is 13.8 Å². The van der Waals surface area contributed by atoms with Crippen molar-refractivity contribution in [2.45, 2.75) is 19.4 Å². The fourth-order valence-corrected chi connectivity index (χ4v) is 0.934. The van der Waals surface area contributed by atoms with Crippen LogP contribution in [0, 0.1) is 0 Å². The number of carbonyl (C=O) groups excluding carboxylic acids is 2. The van der Waals surface area contributed by atoms with Crippen molar-refractivity contribution in [3.8, 4) is 0 Å². The molecule has 14 heavy (non-hydrogen) atoms. The number of hydrogen-bond donors (Lipinski definition) is 0. The van der Waals surface area contributed by atoms with Gasteiger partial charge in [-0.3, -0.25) is 9.59 Å². The second kappa shape index (κ2) is 6.40. The number of carbonyl (C=O) groups is 2. The van der Waals surface area contributed by atoms with Gasteiger partial charge in [0.1, 0.15) is 22.9 Å². The van der Waals surface area contributed by atoms with E-state index in [4.69, 9.17) is 9.47 Å². The summed E-state index contributed by atoms with van der Waals surface area (Å²) < 4.78 is 9.83. The first-order valence-corrected chi connectivity index (χ1v) is 6.15. The second-order valence-electron chi connectivity index (χ2n) is 3.16. The van der Waals surface area contributed by atoms with Gasteiger partial charge in [-0.2, -0.15) is 0 Å². The minimum absolute atomic E-state index is 0.0518. The molecule has 0 aliphatic carbocycles. The van der Waals surface area contributed by atoms with E-state index in [0.717, 1.165) is 0 Å². The van der Waals surface area contributed by atoms with Gasteiger partial charge in [-0.05, 0) is 13.8 Å². The molecule has 0 saturated carbocycles. The standard InChI is InChI=1S/C8H12Br2O4/c1-8(2,14-7(12)4-10)5-13-6(11)3-9/h3-5H2,1-2H3. The second-order valence-corrected chi connectivity index (χ2v) is 4.28. The normalized spacial score (nSPS) is 10.9. The van der Waals surface area contributed by atoms with Crippen LogP contribution in [0.5, 0.6) is 0 Å². The number of alkyl halides is 2. The Morgan fingerprint density at radius 2 is 1.64 bits per heavy atom. The third-order valence-corrected chi connectivity index (χ3v) is 2.10. The molecule has 0 atom stereocenters. The Bertz CT molecular complexity index is 215. The maximum absolute atomic E-state index is 10.9. The van der Waals surface area contributed by atoms with E-state index in [9.17, 15) is 9.59 Å². The first kappa shape index (κ1) is 13.9. The summed E-state index contributed by atoms with van der Waals surface area (Å²) in [7, 11) is 0. The number of rotatable bonds is 5. The summed E-state index contributed by atoms with van der Waals surface area (Å²) in [4.78, 5) is 21.7. The Morgan fingerprint density at radius 3 is 2.07 bits per heavy atom. The molecular formula is C8H12Br2O4. The number of esters is 2. The van der Waals surface area contributed by atoms with Gasteiger partial charge in [0.25, 0.3) is 0 Å². The molecule has 0 amide bonds. The van der Waals surface area contributed by atoms with E-state index in [2.05, 4.69) is 31.9 Å². The molecule has 6 heteroatoms. The van der Waals surface area contributed by atoms with Crippen LogP contribution in [0.15, 0.2) is 0 Å². The van der Waals surface area contributed by atoms with Crippen LogP contribution in [0.25, 0.3) is 0 Å². The van der Waals surface area contributed by atoms with Gasteiger partial charge in [0.2, 0.25) is 0 Å². The van der Waals surface area contributed by atoms with Crippen molar-refractivity contribution in [1.29, 1.82) is 0 Å². The van der Waals surface area contributed by atoms with Gasteiger partial charge < -0.3 is 9.47 Å². The third-order valence-electron chi connectivity index (χ3n) is 1.19. The predicted octanol–water partition coefficient (Wildman–Crippen LogP) is 1.64. The lowest BCUT2D eigenvalue weighted by Gasteiger charge is -2.23. The van der Waals surface area contributed by atoms with Crippen molar-refractivity contribution in [2.75, 3.05) is 17.3 Å². The molecule has 0 rings (SSSR count). The predicted molar refractivity (Wildman–Crippen MR) is 58.7 cm³/mol. The molecular weight excluding hydrogens is 320 g/mol. The molecule has 0 radical (unpaired) electrons. The highest BCUT2D eigenvalue weighted by molar-refractivity contribution is 9.09. The smallest absolute Gasteiger partial charge is 0.317 e. The van der Waals surface area contributed by atoms with E-state index in [1.165, 1.54) is 0 Å². The molecule has 0 aliphatic heterocycles. The Balaban J connectivity index is 3.94. The largest absolute Gasteiger partial charge is 0.461 e. The number of ether oxygens (including phenoxy) is 2. The number of halogens is 2. The summed E-state index contributed by atoms with van der Waals surface area (Å²) in [6.45, 7) is 3.40. The van der Waals surface area contributed by atoms with Gasteiger partial charge >= 0.3 is 11.9 Å². The van der Waals surface area contributed by atoms with E-state index in [1.807, 2.05) is 0 Å². The molecule has 0 fully saturated rings. The average molecular weight is 332 g/mol. The fraction of sp³-hybridized carbons (Fsp3) is 0.750. The molecule has 0 saturated heterocycles. The highest BCUT2D eigenvalue weighted by Gasteiger charge is 2.24. The van der Waals surface area contributed by atoms with Gasteiger partial charge in [0.05, 0.1) is 0 Å². The maximum Gasteiger partial charge on any atom is 0.317 e. The molecule has 0 aliphatic rings. The van der Waals surface area contributed by atoms with Gasteiger partial charge in [-0.25, -0.2) is 0 Å². The quantitative estimate of drug-likeness (QED) is 0.567. The van der Waals surface area contributed by atoms with E-state index in [0.29, 0.717) is 0 Å². The summed E-state index contributed by atoms with van der Waals surface area (Å²) >= 11 is 5.93. The lowest BCUT2D eigenvalue weighted by atomic mass is 10.1. The van der Waals surface area contributed by atoms with Crippen molar-refractivity contribution < 1.29 is 19.1 Å². The lowest BCUT2D eigenvalue weighted by Crippen LogP contribution is -2.35. The lowest BCUT2D eigenvalue weighted by molar-refractivity contribution is -0.164. The summed E-state index contributed by atoms with van der Waals surface area (Å²) in [6.07, 6.45) is 0. The van der Waals surface area contributed by atoms with Gasteiger partial charge in [-0.1, -0.05) is 31.9 Å². The van der Waals surface area contributed by atoms with Crippen molar-refractivity contribution >= 4 is 43.8 Å². The first-order valence-electron chi connectivity index (χ1n) is 3.90. The molecule has 0 aromatic carbocycles. The summed E-state index contributed by atoms with van der Waals surface area (Å²) in [5.74, 6) is -0.766. The molecule has 0 unspecified atom stereocenters. The van der Waals surface area contributed by atoms with Crippen LogP contribution in [0.1, 0.15) is 13.8 Å². The Morgan fingerprint density at radius 1 is 1.14 bits per heavy atom. The van der Waals surface area contributed by atoms with Crippen LogP contribution in [0.4, 0.5) is 0 Å². The molecule has 0 N–H and O–H groups in total. The van der Waals surface area contributed by atoms with Crippen molar-refractivity contribution in [1.82, 2.24) is 0 Å². The van der Waals surface area contributed by atoms with Gasteiger partial charge in [0.15, 0.2) is 0 Å². The maximum atomic E-state index is 10.9. The van der Waals surface area contributed by atoms with Crippen LogP contribution < -0.4 is 0 Å². The van der Waals surface area contributed by atoms with E-state index < -0.39 is 5.60 Å². The summed E-state index contributed by atoms with van der Waals surface area (Å²) in [5, 5.41) is 0.262. The van der Waals surface area contributed by atoms with Gasteiger partial charge in [-0.15, -0.1) is 0 Å². The zero-order chi connectivity index (χ0) is 11.2.